The Kier molecular flexibility index (Phi) is 3.93. The average molecular weight is 318 g/mol. The minimum absolute atomic E-state index is 0.202. The van der Waals surface area contributed by atoms with Crippen molar-refractivity contribution in [1.82, 2.24) is 30.1 Å². The molecule has 0 aliphatic rings. The molecule has 0 radical (unpaired) electrons. The molecule has 3 rings (SSSR count). The van der Waals surface area contributed by atoms with Crippen LogP contribution in [-0.4, -0.2) is 30.7 Å². The van der Waals surface area contributed by atoms with Gasteiger partial charge in [0.15, 0.2) is 0 Å². The molecule has 7 nitrogen and oxygen atoms in total. The molecular formula is C14H18N6OS. The summed E-state index contributed by atoms with van der Waals surface area (Å²) in [5, 5.41) is 14.0. The van der Waals surface area contributed by atoms with Crippen molar-refractivity contribution in [2.45, 2.75) is 33.2 Å². The predicted octanol–water partition coefficient (Wildman–Crippen LogP) is 2.20. The molecule has 0 bridgehead atoms. The fourth-order valence-corrected chi connectivity index (χ4v) is 2.84. The second-order valence-electron chi connectivity index (χ2n) is 5.70. The van der Waals surface area contributed by atoms with Gasteiger partial charge in [-0.1, -0.05) is 25.2 Å². The first-order chi connectivity index (χ1) is 10.5. The number of hydrogen-bond acceptors (Lipinski definition) is 5. The molecule has 3 heterocycles. The van der Waals surface area contributed by atoms with Gasteiger partial charge in [-0.25, -0.2) is 9.50 Å². The summed E-state index contributed by atoms with van der Waals surface area (Å²) >= 11 is 1.46. The van der Waals surface area contributed by atoms with Crippen molar-refractivity contribution in [3.63, 3.8) is 0 Å². The highest BCUT2D eigenvalue weighted by Crippen LogP contribution is 2.16. The summed E-state index contributed by atoms with van der Waals surface area (Å²) < 4.78 is 1.71. The Balaban J connectivity index is 1.67. The number of imidazole rings is 1. The normalized spacial score (nSPS) is 12.9. The van der Waals surface area contributed by atoms with E-state index in [1.165, 1.54) is 11.3 Å². The molecule has 3 aromatic rings. The Morgan fingerprint density at radius 1 is 1.45 bits per heavy atom. The second-order valence-corrected chi connectivity index (χ2v) is 6.51. The van der Waals surface area contributed by atoms with Crippen LogP contribution in [0.25, 0.3) is 4.96 Å². The largest absolute Gasteiger partial charge is 0.342 e. The van der Waals surface area contributed by atoms with Crippen LogP contribution in [0, 0.1) is 5.92 Å². The molecule has 8 heteroatoms. The molecule has 3 aromatic heterocycles. The number of nitrogens with one attached hydrogen (secondary N) is 2. The number of aromatic amines is 1. The minimum Gasteiger partial charge on any atom is -0.342 e. The van der Waals surface area contributed by atoms with Gasteiger partial charge >= 0.3 is 0 Å². The highest BCUT2D eigenvalue weighted by atomic mass is 32.1. The first kappa shape index (κ1) is 14.7. The average Bonchev–Trinajstić information content (AvgIpc) is 3.11. The molecule has 116 valence electrons. The predicted molar refractivity (Wildman–Crippen MR) is 83.9 cm³/mol. The molecule has 0 unspecified atom stereocenters. The van der Waals surface area contributed by atoms with Crippen LogP contribution in [0.2, 0.25) is 0 Å². The van der Waals surface area contributed by atoms with Crippen LogP contribution in [-0.2, 0) is 6.42 Å². The number of aromatic nitrogens is 5. The van der Waals surface area contributed by atoms with Crippen LogP contribution in [0.15, 0.2) is 17.8 Å². The lowest BCUT2D eigenvalue weighted by atomic mass is 10.1. The van der Waals surface area contributed by atoms with Crippen LogP contribution in [0.1, 0.15) is 48.7 Å². The van der Waals surface area contributed by atoms with Gasteiger partial charge in [-0.3, -0.25) is 9.89 Å². The monoisotopic (exact) mass is 318 g/mol. The number of rotatable bonds is 5. The molecule has 0 aliphatic heterocycles. The summed E-state index contributed by atoms with van der Waals surface area (Å²) in [4.78, 5) is 17.5. The van der Waals surface area contributed by atoms with E-state index in [-0.39, 0.29) is 11.9 Å². The van der Waals surface area contributed by atoms with Crippen LogP contribution in [0.4, 0.5) is 0 Å². The highest BCUT2D eigenvalue weighted by molar-refractivity contribution is 7.14. The van der Waals surface area contributed by atoms with E-state index in [9.17, 15) is 4.79 Å². The summed E-state index contributed by atoms with van der Waals surface area (Å²) in [6, 6.07) is 1.60. The zero-order chi connectivity index (χ0) is 15.7. The third kappa shape index (κ3) is 3.01. The molecule has 0 aliphatic carbocycles. The molecule has 0 spiro atoms. The first-order valence-corrected chi connectivity index (χ1v) is 8.05. The summed E-state index contributed by atoms with van der Waals surface area (Å²) in [5.41, 5.74) is 3.89. The molecular weight excluding hydrogens is 300 g/mol. The van der Waals surface area contributed by atoms with Gasteiger partial charge in [0.1, 0.15) is 11.2 Å². The molecule has 2 N–H and O–H groups in total. The van der Waals surface area contributed by atoms with Crippen LogP contribution < -0.4 is 5.32 Å². The van der Waals surface area contributed by atoms with Crippen molar-refractivity contribution in [1.29, 1.82) is 0 Å². The van der Waals surface area contributed by atoms with E-state index < -0.39 is 0 Å². The smallest absolute Gasteiger partial charge is 0.272 e. The maximum absolute atomic E-state index is 12.2. The van der Waals surface area contributed by atoms with Gasteiger partial charge in [0.25, 0.3) is 5.91 Å². The third-order valence-corrected chi connectivity index (χ3v) is 3.98. The van der Waals surface area contributed by atoms with E-state index in [1.54, 1.807) is 16.1 Å². The lowest BCUT2D eigenvalue weighted by Gasteiger charge is -2.09. The fourth-order valence-electron chi connectivity index (χ4n) is 2.23. The van der Waals surface area contributed by atoms with E-state index >= 15 is 0 Å². The van der Waals surface area contributed by atoms with Crippen molar-refractivity contribution in [2.24, 2.45) is 5.92 Å². The Morgan fingerprint density at radius 2 is 2.27 bits per heavy atom. The van der Waals surface area contributed by atoms with Crippen molar-refractivity contribution >= 4 is 22.2 Å². The van der Waals surface area contributed by atoms with E-state index in [0.717, 1.165) is 22.8 Å². The SMILES string of the molecule is CC(C)Cc1cc(C(=O)N[C@H](C)c2cn3ncsc3n2)n[nH]1. The van der Waals surface area contributed by atoms with Crippen LogP contribution in [0.3, 0.4) is 0 Å². The first-order valence-electron chi connectivity index (χ1n) is 7.17. The van der Waals surface area contributed by atoms with Crippen molar-refractivity contribution < 1.29 is 4.79 Å². The maximum atomic E-state index is 12.2. The Hall–Kier alpha value is -2.22. The summed E-state index contributed by atoms with van der Waals surface area (Å²) in [7, 11) is 0. The van der Waals surface area contributed by atoms with Gasteiger partial charge in [-0.2, -0.15) is 10.2 Å². The van der Waals surface area contributed by atoms with E-state index in [0.29, 0.717) is 11.6 Å². The zero-order valence-corrected chi connectivity index (χ0v) is 13.5. The van der Waals surface area contributed by atoms with Gasteiger partial charge in [-0.05, 0) is 25.3 Å². The van der Waals surface area contributed by atoms with Gasteiger partial charge in [0, 0.05) is 5.69 Å². The van der Waals surface area contributed by atoms with Gasteiger partial charge < -0.3 is 5.32 Å². The van der Waals surface area contributed by atoms with E-state index in [4.69, 9.17) is 0 Å². The summed E-state index contributed by atoms with van der Waals surface area (Å²) in [6.07, 6.45) is 2.70. The number of carbonyl (C=O) groups excluding carboxylic acids is 1. The Bertz CT molecular complexity index is 758. The number of fused-ring (bicyclic) bond motifs is 1. The lowest BCUT2D eigenvalue weighted by molar-refractivity contribution is 0.0934. The van der Waals surface area contributed by atoms with E-state index in [1.807, 2.05) is 13.1 Å². The van der Waals surface area contributed by atoms with Crippen molar-refractivity contribution in [3.05, 3.63) is 34.9 Å². The quantitative estimate of drug-likeness (QED) is 0.755. The van der Waals surface area contributed by atoms with Crippen LogP contribution in [0.5, 0.6) is 0 Å². The summed E-state index contributed by atoms with van der Waals surface area (Å²) in [6.45, 7) is 6.15. The van der Waals surface area contributed by atoms with Gasteiger partial charge in [0.2, 0.25) is 4.96 Å². The molecule has 22 heavy (non-hydrogen) atoms. The number of carbonyl (C=O) groups is 1. The van der Waals surface area contributed by atoms with Crippen molar-refractivity contribution in [3.8, 4) is 0 Å². The van der Waals surface area contributed by atoms with Crippen molar-refractivity contribution in [2.75, 3.05) is 0 Å². The van der Waals surface area contributed by atoms with Crippen LogP contribution >= 0.6 is 11.3 Å². The minimum atomic E-state index is -0.205. The molecule has 0 aromatic carbocycles. The molecule has 0 fully saturated rings. The molecule has 1 atom stereocenters. The molecule has 0 saturated carbocycles. The van der Waals surface area contributed by atoms with Gasteiger partial charge in [0.05, 0.1) is 17.9 Å². The molecule has 0 saturated heterocycles. The Labute approximate surface area is 131 Å². The topological polar surface area (TPSA) is 88.0 Å². The Morgan fingerprint density at radius 3 is 3.00 bits per heavy atom. The third-order valence-electron chi connectivity index (χ3n) is 3.29. The lowest BCUT2D eigenvalue weighted by Crippen LogP contribution is -2.27. The fraction of sp³-hybridized carbons (Fsp3) is 0.429. The zero-order valence-electron chi connectivity index (χ0n) is 12.7. The van der Waals surface area contributed by atoms with E-state index in [2.05, 4.69) is 39.4 Å². The number of H-pyrrole nitrogens is 1. The second kappa shape index (κ2) is 5.88. The number of amides is 1. The highest BCUT2D eigenvalue weighted by Gasteiger charge is 2.17. The summed E-state index contributed by atoms with van der Waals surface area (Å²) in [5.74, 6) is 0.310. The maximum Gasteiger partial charge on any atom is 0.272 e. The van der Waals surface area contributed by atoms with Gasteiger partial charge in [-0.15, -0.1) is 0 Å². The standard InChI is InChI=1S/C14H18N6OS/c1-8(2)4-10-5-11(19-18-10)13(21)16-9(3)12-6-20-14(17-12)22-7-15-20/h5-9H,4H2,1-3H3,(H,16,21)(H,18,19)/t9-/m1/s1. The number of hydrogen-bond donors (Lipinski definition) is 2. The molecule has 1 amide bonds. The number of nitrogens with zero attached hydrogens (tertiary/aromatic N) is 4.